The van der Waals surface area contributed by atoms with Gasteiger partial charge in [-0.25, -0.2) is 8.42 Å². The number of nitrogens with zero attached hydrogens (tertiary/aromatic N) is 1. The van der Waals surface area contributed by atoms with Crippen molar-refractivity contribution in [1.82, 2.24) is 4.31 Å². The van der Waals surface area contributed by atoms with E-state index in [1.54, 1.807) is 0 Å². The second kappa shape index (κ2) is 4.91. The molecule has 0 unspecified atom stereocenters. The van der Waals surface area contributed by atoms with Crippen molar-refractivity contribution in [1.29, 1.82) is 0 Å². The molecule has 0 spiro atoms. The van der Waals surface area contributed by atoms with Crippen LogP contribution in [0.1, 0.15) is 6.92 Å². The Kier molecular flexibility index (Phi) is 4.51. The summed E-state index contributed by atoms with van der Waals surface area (Å²) in [5.41, 5.74) is 0. The number of carboxylic acid groups (broad SMARTS) is 2. The summed E-state index contributed by atoms with van der Waals surface area (Å²) in [6.45, 7) is -0.693. The van der Waals surface area contributed by atoms with Gasteiger partial charge in [-0.15, -0.1) is 0 Å². The minimum absolute atomic E-state index is 0.289. The van der Waals surface area contributed by atoms with Crippen LogP contribution >= 0.6 is 0 Å². The first-order valence-electron chi connectivity index (χ1n) is 3.67. The van der Waals surface area contributed by atoms with Crippen molar-refractivity contribution in [2.24, 2.45) is 0 Å². The molecule has 0 radical (unpaired) electrons. The Labute approximate surface area is 81.0 Å². The summed E-state index contributed by atoms with van der Waals surface area (Å²) in [4.78, 5) is 20.2. The van der Waals surface area contributed by atoms with Crippen molar-refractivity contribution in [3.8, 4) is 0 Å². The van der Waals surface area contributed by atoms with Crippen molar-refractivity contribution in [3.05, 3.63) is 0 Å². The van der Waals surface area contributed by atoms with Crippen LogP contribution in [0.3, 0.4) is 0 Å². The van der Waals surface area contributed by atoms with E-state index in [1.807, 2.05) is 0 Å². The highest BCUT2D eigenvalue weighted by Crippen LogP contribution is 1.99. The molecule has 14 heavy (non-hydrogen) atoms. The van der Waals surface area contributed by atoms with E-state index in [0.717, 1.165) is 0 Å². The molecular weight excluding hydrogens is 214 g/mol. The van der Waals surface area contributed by atoms with E-state index in [4.69, 9.17) is 0 Å². The number of carboxylic acids is 2. The maximum absolute atomic E-state index is 11.1. The lowest BCUT2D eigenvalue weighted by molar-refractivity contribution is -0.308. The number of hydrogen-bond donors (Lipinski definition) is 0. The maximum Gasteiger partial charge on any atom is 0.214 e. The number of carbonyl (C=O) groups is 2. The predicted octanol–water partition coefficient (Wildman–Crippen LogP) is -3.86. The average molecular weight is 223 g/mol. The van der Waals surface area contributed by atoms with Crippen LogP contribution in [0.2, 0.25) is 0 Å². The normalized spacial score (nSPS) is 11.6. The van der Waals surface area contributed by atoms with E-state index in [0.29, 0.717) is 0 Å². The summed E-state index contributed by atoms with van der Waals surface area (Å²) in [5.74, 6) is -3.71. The third-order valence-electron chi connectivity index (χ3n) is 1.37. The molecule has 0 aliphatic heterocycles. The number of rotatable bonds is 6. The topological polar surface area (TPSA) is 118 Å². The van der Waals surface area contributed by atoms with Gasteiger partial charge in [0.1, 0.15) is 0 Å². The van der Waals surface area contributed by atoms with Gasteiger partial charge in [0, 0.05) is 0 Å². The maximum atomic E-state index is 11.1. The molecule has 8 heteroatoms. The van der Waals surface area contributed by atoms with E-state index < -0.39 is 35.1 Å². The summed E-state index contributed by atoms with van der Waals surface area (Å²) >= 11 is 0. The fraction of sp³-hybridized carbons (Fsp3) is 0.667. The monoisotopic (exact) mass is 223 g/mol. The average Bonchev–Trinajstić information content (AvgIpc) is 2.01. The zero-order chi connectivity index (χ0) is 11.4. The molecule has 0 aliphatic rings. The summed E-state index contributed by atoms with van der Waals surface area (Å²) in [6.07, 6.45) is 0. The van der Waals surface area contributed by atoms with Crippen molar-refractivity contribution in [2.75, 3.05) is 18.8 Å². The standard InChI is InChI=1S/C6H11NO6S/c1-2-14(12,13)7(3-5(8)9)4-6(10)11/h2-4H2,1H3,(H,8,9)(H,10,11)/p-2. The molecule has 0 N–H and O–H groups in total. The first kappa shape index (κ1) is 12.8. The molecule has 0 fully saturated rings. The summed E-state index contributed by atoms with van der Waals surface area (Å²) < 4.78 is 22.5. The first-order valence-corrected chi connectivity index (χ1v) is 5.28. The van der Waals surface area contributed by atoms with Crippen LogP contribution in [0.15, 0.2) is 0 Å². The van der Waals surface area contributed by atoms with Crippen LogP contribution in [-0.2, 0) is 19.6 Å². The predicted molar refractivity (Wildman–Crippen MR) is 41.0 cm³/mol. The van der Waals surface area contributed by atoms with Crippen LogP contribution < -0.4 is 10.2 Å². The third-order valence-corrected chi connectivity index (χ3v) is 3.14. The summed E-state index contributed by atoms with van der Waals surface area (Å²) in [7, 11) is -3.86. The quantitative estimate of drug-likeness (QED) is 0.454. The fourth-order valence-electron chi connectivity index (χ4n) is 0.723. The Bertz CT molecular complexity index is 305. The largest absolute Gasteiger partial charge is 0.549 e. The highest BCUT2D eigenvalue weighted by molar-refractivity contribution is 7.89. The Balaban J connectivity index is 4.72. The molecule has 0 saturated heterocycles. The Hall–Kier alpha value is -1.15. The van der Waals surface area contributed by atoms with Crippen LogP contribution in [0.5, 0.6) is 0 Å². The van der Waals surface area contributed by atoms with Gasteiger partial charge in [-0.1, -0.05) is 0 Å². The molecule has 7 nitrogen and oxygen atoms in total. The van der Waals surface area contributed by atoms with Gasteiger partial charge >= 0.3 is 0 Å². The smallest absolute Gasteiger partial charge is 0.214 e. The molecule has 0 aliphatic carbocycles. The van der Waals surface area contributed by atoms with Gasteiger partial charge in [0.25, 0.3) is 0 Å². The van der Waals surface area contributed by atoms with Crippen molar-refractivity contribution >= 4 is 22.0 Å². The van der Waals surface area contributed by atoms with Gasteiger partial charge in [-0.2, -0.15) is 4.31 Å². The summed E-state index contributed by atoms with van der Waals surface area (Å²) in [5, 5.41) is 20.2. The second-order valence-electron chi connectivity index (χ2n) is 2.41. The van der Waals surface area contributed by atoms with Gasteiger partial charge in [-0.05, 0) is 6.92 Å². The van der Waals surface area contributed by atoms with E-state index in [1.165, 1.54) is 6.92 Å². The minimum atomic E-state index is -3.86. The lowest BCUT2D eigenvalue weighted by Crippen LogP contribution is -2.47. The summed E-state index contributed by atoms with van der Waals surface area (Å²) in [6, 6.07) is 0. The molecule has 0 aromatic rings. The van der Waals surface area contributed by atoms with E-state index in [2.05, 4.69) is 0 Å². The SMILES string of the molecule is CCS(=O)(=O)N(CC(=O)[O-])CC(=O)[O-]. The van der Waals surface area contributed by atoms with Gasteiger partial charge in [0.2, 0.25) is 10.0 Å². The Morgan fingerprint density at radius 1 is 1.14 bits per heavy atom. The van der Waals surface area contributed by atoms with Crippen molar-refractivity contribution in [3.63, 3.8) is 0 Å². The molecule has 0 aromatic carbocycles. The van der Waals surface area contributed by atoms with Crippen LogP contribution in [0.4, 0.5) is 0 Å². The molecule has 82 valence electrons. The molecule has 0 atom stereocenters. The molecule has 0 saturated carbocycles. The van der Waals surface area contributed by atoms with Crippen LogP contribution in [-0.4, -0.2) is 43.5 Å². The lowest BCUT2D eigenvalue weighted by Gasteiger charge is -2.21. The van der Waals surface area contributed by atoms with E-state index in [-0.39, 0.29) is 10.1 Å². The number of aliphatic carboxylic acids is 2. The Morgan fingerprint density at radius 3 is 1.71 bits per heavy atom. The zero-order valence-electron chi connectivity index (χ0n) is 7.43. The highest BCUT2D eigenvalue weighted by Gasteiger charge is 2.19. The van der Waals surface area contributed by atoms with Gasteiger partial charge < -0.3 is 19.8 Å². The third kappa shape index (κ3) is 4.19. The van der Waals surface area contributed by atoms with Gasteiger partial charge in [0.15, 0.2) is 0 Å². The number of carbonyl (C=O) groups excluding carboxylic acids is 2. The van der Waals surface area contributed by atoms with Crippen molar-refractivity contribution in [2.45, 2.75) is 6.92 Å². The van der Waals surface area contributed by atoms with Gasteiger partial charge in [0.05, 0.1) is 30.8 Å². The highest BCUT2D eigenvalue weighted by atomic mass is 32.2. The van der Waals surface area contributed by atoms with E-state index in [9.17, 15) is 28.2 Å². The number of hydrogen-bond acceptors (Lipinski definition) is 6. The fourth-order valence-corrected chi connectivity index (χ4v) is 1.69. The van der Waals surface area contributed by atoms with Gasteiger partial charge in [-0.3, -0.25) is 0 Å². The molecule has 0 bridgehead atoms. The molecular formula is C6H9NO6S-2. The lowest BCUT2D eigenvalue weighted by atomic mass is 10.6. The van der Waals surface area contributed by atoms with Crippen molar-refractivity contribution < 1.29 is 28.2 Å². The molecule has 0 heterocycles. The molecule has 0 rings (SSSR count). The second-order valence-corrected chi connectivity index (χ2v) is 4.67. The zero-order valence-corrected chi connectivity index (χ0v) is 8.24. The van der Waals surface area contributed by atoms with Crippen LogP contribution in [0, 0.1) is 0 Å². The minimum Gasteiger partial charge on any atom is -0.549 e. The molecule has 0 amide bonds. The number of sulfonamides is 1. The van der Waals surface area contributed by atoms with E-state index >= 15 is 0 Å². The van der Waals surface area contributed by atoms with Crippen LogP contribution in [0.25, 0.3) is 0 Å². The Morgan fingerprint density at radius 2 is 1.50 bits per heavy atom. The molecule has 0 aromatic heterocycles. The first-order chi connectivity index (χ1) is 6.29.